The van der Waals surface area contributed by atoms with Crippen molar-refractivity contribution in [3.05, 3.63) is 48.6 Å². The molecular formula is C51H93NO8. The number of carbonyl (C=O) groups excluding carboxylic acids is 1. The van der Waals surface area contributed by atoms with E-state index in [9.17, 15) is 30.3 Å². The average Bonchev–Trinajstić information content (AvgIpc) is 3.25. The van der Waals surface area contributed by atoms with Crippen molar-refractivity contribution in [2.75, 3.05) is 13.2 Å². The van der Waals surface area contributed by atoms with Gasteiger partial charge in [0, 0.05) is 6.42 Å². The summed E-state index contributed by atoms with van der Waals surface area (Å²) >= 11 is 0. The molecule has 1 aliphatic heterocycles. The van der Waals surface area contributed by atoms with Crippen LogP contribution < -0.4 is 5.32 Å². The highest BCUT2D eigenvalue weighted by Gasteiger charge is 2.44. The van der Waals surface area contributed by atoms with E-state index in [1.165, 1.54) is 128 Å². The molecule has 1 fully saturated rings. The molecule has 9 heteroatoms. The third kappa shape index (κ3) is 31.1. The minimum absolute atomic E-state index is 0.201. The van der Waals surface area contributed by atoms with Gasteiger partial charge in [-0.2, -0.15) is 0 Å². The molecule has 1 heterocycles. The Morgan fingerprint density at radius 1 is 0.550 bits per heavy atom. The van der Waals surface area contributed by atoms with Crippen LogP contribution in [0.5, 0.6) is 0 Å². The number of hydrogen-bond acceptors (Lipinski definition) is 8. The van der Waals surface area contributed by atoms with E-state index in [2.05, 4.69) is 55.6 Å². The molecule has 0 aromatic carbocycles. The van der Waals surface area contributed by atoms with Crippen LogP contribution in [0.4, 0.5) is 0 Å². The monoisotopic (exact) mass is 848 g/mol. The van der Waals surface area contributed by atoms with E-state index >= 15 is 0 Å². The number of aliphatic hydroxyl groups is 5. The summed E-state index contributed by atoms with van der Waals surface area (Å²) in [5, 5.41) is 54.2. The van der Waals surface area contributed by atoms with E-state index in [1.807, 2.05) is 6.08 Å². The zero-order chi connectivity index (χ0) is 43.7. The molecule has 0 bridgehead atoms. The summed E-state index contributed by atoms with van der Waals surface area (Å²) < 4.78 is 11.2. The lowest BCUT2D eigenvalue weighted by Gasteiger charge is -2.40. The van der Waals surface area contributed by atoms with Gasteiger partial charge in [0.15, 0.2) is 6.29 Å². The zero-order valence-electron chi connectivity index (χ0n) is 38.5. The van der Waals surface area contributed by atoms with Gasteiger partial charge in [-0.15, -0.1) is 0 Å². The number of allylic oxidation sites excluding steroid dienone is 7. The van der Waals surface area contributed by atoms with Gasteiger partial charge in [0.1, 0.15) is 24.4 Å². The lowest BCUT2D eigenvalue weighted by Crippen LogP contribution is -2.60. The molecule has 1 aliphatic rings. The molecule has 0 aromatic rings. The first-order valence-electron chi connectivity index (χ1n) is 24.9. The fourth-order valence-corrected chi connectivity index (χ4v) is 7.59. The molecule has 1 rings (SSSR count). The van der Waals surface area contributed by atoms with Gasteiger partial charge in [0.05, 0.1) is 25.4 Å². The molecule has 350 valence electrons. The van der Waals surface area contributed by atoms with E-state index in [1.54, 1.807) is 6.08 Å². The molecule has 7 atom stereocenters. The maximum Gasteiger partial charge on any atom is 0.220 e. The van der Waals surface area contributed by atoms with Crippen molar-refractivity contribution in [1.82, 2.24) is 5.32 Å². The van der Waals surface area contributed by atoms with Gasteiger partial charge < -0.3 is 40.3 Å². The van der Waals surface area contributed by atoms with Gasteiger partial charge in [0.2, 0.25) is 5.91 Å². The lowest BCUT2D eigenvalue weighted by atomic mass is 9.99. The van der Waals surface area contributed by atoms with Crippen LogP contribution in [0.3, 0.4) is 0 Å². The molecule has 0 radical (unpaired) electrons. The van der Waals surface area contributed by atoms with Crippen LogP contribution in [0.25, 0.3) is 0 Å². The van der Waals surface area contributed by atoms with Crippen molar-refractivity contribution >= 4 is 5.91 Å². The first-order chi connectivity index (χ1) is 29.3. The minimum Gasteiger partial charge on any atom is -0.394 e. The Balaban J connectivity index is 2.35. The molecule has 0 saturated carbocycles. The highest BCUT2D eigenvalue weighted by Crippen LogP contribution is 2.22. The predicted molar refractivity (Wildman–Crippen MR) is 249 cm³/mol. The molecule has 1 amide bonds. The lowest BCUT2D eigenvalue weighted by molar-refractivity contribution is -0.302. The highest BCUT2D eigenvalue weighted by molar-refractivity contribution is 5.76. The Bertz CT molecular complexity index is 1080. The van der Waals surface area contributed by atoms with Crippen molar-refractivity contribution < 1.29 is 39.8 Å². The summed E-state index contributed by atoms with van der Waals surface area (Å²) in [6.45, 7) is 3.74. The Morgan fingerprint density at radius 3 is 1.40 bits per heavy atom. The summed E-state index contributed by atoms with van der Waals surface area (Å²) in [5.74, 6) is -0.201. The van der Waals surface area contributed by atoms with Crippen molar-refractivity contribution in [2.24, 2.45) is 0 Å². The highest BCUT2D eigenvalue weighted by atomic mass is 16.7. The Hall–Kier alpha value is -1.85. The molecule has 0 spiro atoms. The molecule has 1 saturated heterocycles. The largest absolute Gasteiger partial charge is 0.394 e. The first kappa shape index (κ1) is 56.2. The molecule has 60 heavy (non-hydrogen) atoms. The first-order valence-corrected chi connectivity index (χ1v) is 24.9. The van der Waals surface area contributed by atoms with Gasteiger partial charge in [-0.3, -0.25) is 4.79 Å². The molecule has 6 N–H and O–H groups in total. The van der Waals surface area contributed by atoms with Crippen LogP contribution in [-0.2, 0) is 14.3 Å². The molecule has 9 nitrogen and oxygen atoms in total. The van der Waals surface area contributed by atoms with E-state index in [-0.39, 0.29) is 12.5 Å². The minimum atomic E-state index is -1.58. The number of unbranched alkanes of at least 4 members (excludes halogenated alkanes) is 25. The van der Waals surface area contributed by atoms with Crippen LogP contribution in [-0.4, -0.2) is 87.5 Å². The van der Waals surface area contributed by atoms with Gasteiger partial charge in [0.25, 0.3) is 0 Å². The number of carbonyl (C=O) groups is 1. The van der Waals surface area contributed by atoms with E-state index in [4.69, 9.17) is 9.47 Å². The Kier molecular flexibility index (Phi) is 38.5. The topological polar surface area (TPSA) is 149 Å². The van der Waals surface area contributed by atoms with Crippen molar-refractivity contribution in [3.8, 4) is 0 Å². The standard InChI is InChI=1S/C51H93NO8/c1-3-5-7-9-11-13-15-17-19-20-21-22-23-24-25-26-27-28-30-32-34-36-38-40-45(54)44(43-59-51-50(58)49(57)48(56)46(42-53)60-51)52-47(55)41-39-37-35-33-31-29-18-16-14-12-10-8-6-4-2/h16,18,25-26,30,32,38,40,44-46,48-51,53-54,56-58H,3-15,17,19-24,27-29,31,33-37,39,41-43H2,1-2H3,(H,52,55)/b18-16-,26-25+,32-30+,40-38+. The van der Waals surface area contributed by atoms with Crippen LogP contribution in [0, 0.1) is 0 Å². The molecule has 7 unspecified atom stereocenters. The van der Waals surface area contributed by atoms with Crippen LogP contribution in [0.15, 0.2) is 48.6 Å². The third-order valence-electron chi connectivity index (χ3n) is 11.6. The molecule has 0 aromatic heterocycles. The predicted octanol–water partition coefficient (Wildman–Crippen LogP) is 11.0. The second kappa shape index (κ2) is 41.2. The number of ether oxygens (including phenoxy) is 2. The maximum absolute atomic E-state index is 13.0. The Morgan fingerprint density at radius 2 is 0.950 bits per heavy atom. The van der Waals surface area contributed by atoms with Crippen LogP contribution in [0.2, 0.25) is 0 Å². The number of nitrogens with one attached hydrogen (secondary N) is 1. The van der Waals surface area contributed by atoms with Gasteiger partial charge in [-0.05, 0) is 70.6 Å². The normalized spacial score (nSPS) is 20.9. The van der Waals surface area contributed by atoms with Crippen molar-refractivity contribution in [2.45, 2.75) is 256 Å². The number of hydrogen-bond donors (Lipinski definition) is 6. The van der Waals surface area contributed by atoms with Gasteiger partial charge >= 0.3 is 0 Å². The average molecular weight is 848 g/mol. The summed E-state index contributed by atoms with van der Waals surface area (Å²) in [4.78, 5) is 13.0. The summed E-state index contributed by atoms with van der Waals surface area (Å²) in [5.41, 5.74) is 0. The summed E-state index contributed by atoms with van der Waals surface area (Å²) in [6.07, 6.45) is 45.9. The smallest absolute Gasteiger partial charge is 0.220 e. The van der Waals surface area contributed by atoms with Gasteiger partial charge in [-0.1, -0.05) is 184 Å². The zero-order valence-corrected chi connectivity index (χ0v) is 38.5. The fraction of sp³-hybridized carbons (Fsp3) is 0.824. The van der Waals surface area contributed by atoms with Crippen molar-refractivity contribution in [1.29, 1.82) is 0 Å². The van der Waals surface area contributed by atoms with Gasteiger partial charge in [-0.25, -0.2) is 0 Å². The molecule has 0 aliphatic carbocycles. The Labute approximate surface area is 367 Å². The van der Waals surface area contributed by atoms with E-state index < -0.39 is 49.5 Å². The second-order valence-corrected chi connectivity index (χ2v) is 17.2. The number of rotatable bonds is 41. The number of aliphatic hydroxyl groups excluding tert-OH is 5. The third-order valence-corrected chi connectivity index (χ3v) is 11.6. The van der Waals surface area contributed by atoms with Crippen molar-refractivity contribution in [3.63, 3.8) is 0 Å². The maximum atomic E-state index is 13.0. The SMILES string of the molecule is CCCCCCC/C=C\CCCCCCCC(=O)NC(COC1OC(CO)C(O)C(O)C1O)C(O)/C=C/CC/C=C/CC/C=C/CCCCCCCCCCCCCCC. The molecular weight excluding hydrogens is 755 g/mol. The fourth-order valence-electron chi connectivity index (χ4n) is 7.59. The second-order valence-electron chi connectivity index (χ2n) is 17.2. The number of amides is 1. The van der Waals surface area contributed by atoms with E-state index in [0.29, 0.717) is 6.42 Å². The quantitative estimate of drug-likeness (QED) is 0.0263. The van der Waals surface area contributed by atoms with Crippen LogP contribution in [0.1, 0.15) is 213 Å². The summed E-state index contributed by atoms with van der Waals surface area (Å²) in [7, 11) is 0. The van der Waals surface area contributed by atoms with E-state index in [0.717, 1.165) is 64.2 Å². The summed E-state index contributed by atoms with van der Waals surface area (Å²) in [6, 6.07) is -0.832. The van der Waals surface area contributed by atoms with Crippen LogP contribution >= 0.6 is 0 Å².